The molecule has 0 heterocycles. The maximum absolute atomic E-state index is 12.8. The zero-order chi connectivity index (χ0) is 16.7. The maximum atomic E-state index is 12.8. The van der Waals surface area contributed by atoms with E-state index in [9.17, 15) is 9.18 Å². The topological polar surface area (TPSA) is 35.5 Å². The number of hydrogen-bond donors (Lipinski definition) is 0. The number of carbonyl (C=O) groups is 1. The summed E-state index contributed by atoms with van der Waals surface area (Å²) in [4.78, 5) is 11.4. The molecule has 120 valence electrons. The van der Waals surface area contributed by atoms with Gasteiger partial charge < -0.3 is 9.47 Å². The molecular weight excluding hydrogens is 363 g/mol. The van der Waals surface area contributed by atoms with Gasteiger partial charge in [-0.1, -0.05) is 34.1 Å². The summed E-state index contributed by atoms with van der Waals surface area (Å²) in [5.74, 6) is -0.0421. The van der Waals surface area contributed by atoms with E-state index in [1.54, 1.807) is 24.3 Å². The van der Waals surface area contributed by atoms with Crippen molar-refractivity contribution in [3.8, 4) is 5.75 Å². The lowest BCUT2D eigenvalue weighted by Crippen LogP contribution is -2.03. The van der Waals surface area contributed by atoms with E-state index in [4.69, 9.17) is 4.74 Å². The van der Waals surface area contributed by atoms with Crippen LogP contribution in [0.3, 0.4) is 0 Å². The van der Waals surface area contributed by atoms with Crippen molar-refractivity contribution in [3.05, 3.63) is 71.0 Å². The fourth-order valence-electron chi connectivity index (χ4n) is 1.89. The lowest BCUT2D eigenvalue weighted by Gasteiger charge is -2.08. The van der Waals surface area contributed by atoms with Gasteiger partial charge in [-0.05, 0) is 47.5 Å². The van der Waals surface area contributed by atoms with E-state index in [2.05, 4.69) is 20.7 Å². The molecule has 0 aliphatic rings. The summed E-state index contributed by atoms with van der Waals surface area (Å²) in [6, 6.07) is 13.0. The van der Waals surface area contributed by atoms with Crippen LogP contribution in [0.15, 0.2) is 54.1 Å². The zero-order valence-electron chi connectivity index (χ0n) is 12.6. The minimum atomic E-state index is -0.360. The number of alkyl halides is 1. The summed E-state index contributed by atoms with van der Waals surface area (Å²) >= 11 is 3.42. The van der Waals surface area contributed by atoms with Crippen molar-refractivity contribution < 1.29 is 18.7 Å². The Hall–Kier alpha value is -2.14. The standard InChI is InChI=1S/C18H16BrFO3/c1-22-18(21)15-4-2-13(3-5-15)10-14(11-19)12-23-17-8-6-16(20)7-9-17/h2-10H,11-12H2,1H3. The molecule has 3 nitrogen and oxygen atoms in total. The molecule has 2 rings (SSSR count). The Labute approximate surface area is 142 Å². The van der Waals surface area contributed by atoms with Gasteiger partial charge in [0, 0.05) is 5.33 Å². The van der Waals surface area contributed by atoms with Gasteiger partial charge in [0.25, 0.3) is 0 Å². The maximum Gasteiger partial charge on any atom is 0.337 e. The Morgan fingerprint density at radius 3 is 2.35 bits per heavy atom. The van der Waals surface area contributed by atoms with Crippen LogP contribution in [0.5, 0.6) is 5.75 Å². The van der Waals surface area contributed by atoms with Crippen molar-refractivity contribution in [1.29, 1.82) is 0 Å². The largest absolute Gasteiger partial charge is 0.489 e. The van der Waals surface area contributed by atoms with Crippen molar-refractivity contribution in [2.75, 3.05) is 19.0 Å². The highest BCUT2D eigenvalue weighted by atomic mass is 79.9. The van der Waals surface area contributed by atoms with Crippen LogP contribution in [0.25, 0.3) is 6.08 Å². The monoisotopic (exact) mass is 378 g/mol. The van der Waals surface area contributed by atoms with Gasteiger partial charge in [0.05, 0.1) is 12.7 Å². The van der Waals surface area contributed by atoms with Crippen LogP contribution < -0.4 is 4.74 Å². The predicted molar refractivity (Wildman–Crippen MR) is 91.4 cm³/mol. The fraction of sp³-hybridized carbons (Fsp3) is 0.167. The number of esters is 1. The van der Waals surface area contributed by atoms with E-state index in [1.807, 2.05) is 18.2 Å². The first-order valence-electron chi connectivity index (χ1n) is 6.94. The molecule has 0 atom stereocenters. The van der Waals surface area contributed by atoms with Gasteiger partial charge in [0.1, 0.15) is 18.2 Å². The van der Waals surface area contributed by atoms with Crippen LogP contribution >= 0.6 is 15.9 Å². The second-order valence-electron chi connectivity index (χ2n) is 4.79. The third-order valence-electron chi connectivity index (χ3n) is 3.11. The van der Waals surface area contributed by atoms with Crippen LogP contribution in [-0.2, 0) is 4.74 Å². The number of halogens is 2. The molecule has 0 amide bonds. The Morgan fingerprint density at radius 1 is 1.13 bits per heavy atom. The normalized spacial score (nSPS) is 11.2. The third kappa shape index (κ3) is 5.21. The van der Waals surface area contributed by atoms with Crippen molar-refractivity contribution in [3.63, 3.8) is 0 Å². The van der Waals surface area contributed by atoms with Crippen LogP contribution in [0.1, 0.15) is 15.9 Å². The minimum Gasteiger partial charge on any atom is -0.489 e. The molecule has 2 aromatic carbocycles. The number of carbonyl (C=O) groups excluding carboxylic acids is 1. The Balaban J connectivity index is 2.03. The molecule has 0 saturated heterocycles. The average molecular weight is 379 g/mol. The Kier molecular flexibility index (Phi) is 6.35. The van der Waals surface area contributed by atoms with E-state index < -0.39 is 0 Å². The average Bonchev–Trinajstić information content (AvgIpc) is 2.59. The summed E-state index contributed by atoms with van der Waals surface area (Å²) in [7, 11) is 1.35. The van der Waals surface area contributed by atoms with E-state index in [-0.39, 0.29) is 11.8 Å². The number of hydrogen-bond acceptors (Lipinski definition) is 3. The Bertz CT molecular complexity index is 678. The highest BCUT2D eigenvalue weighted by molar-refractivity contribution is 9.09. The first-order chi connectivity index (χ1) is 11.1. The van der Waals surface area contributed by atoms with Gasteiger partial charge in [0.15, 0.2) is 0 Å². The van der Waals surface area contributed by atoms with Crippen LogP contribution in [-0.4, -0.2) is 25.0 Å². The number of methoxy groups -OCH3 is 1. The molecule has 23 heavy (non-hydrogen) atoms. The molecule has 0 radical (unpaired) electrons. The van der Waals surface area contributed by atoms with Crippen molar-refractivity contribution in [2.45, 2.75) is 0 Å². The number of ether oxygens (including phenoxy) is 2. The van der Waals surface area contributed by atoms with Crippen molar-refractivity contribution in [1.82, 2.24) is 0 Å². The molecule has 0 saturated carbocycles. The van der Waals surface area contributed by atoms with Gasteiger partial charge in [-0.2, -0.15) is 0 Å². The van der Waals surface area contributed by atoms with E-state index in [1.165, 1.54) is 19.2 Å². The van der Waals surface area contributed by atoms with Gasteiger partial charge >= 0.3 is 5.97 Å². The number of rotatable bonds is 6. The first-order valence-corrected chi connectivity index (χ1v) is 8.06. The highest BCUT2D eigenvalue weighted by Crippen LogP contribution is 2.15. The molecule has 0 bridgehead atoms. The molecule has 0 unspecified atom stereocenters. The highest BCUT2D eigenvalue weighted by Gasteiger charge is 2.04. The lowest BCUT2D eigenvalue weighted by atomic mass is 10.1. The third-order valence-corrected chi connectivity index (χ3v) is 3.83. The molecule has 0 aromatic heterocycles. The van der Waals surface area contributed by atoms with Gasteiger partial charge in [0.2, 0.25) is 0 Å². The Morgan fingerprint density at radius 2 is 1.78 bits per heavy atom. The van der Waals surface area contributed by atoms with Gasteiger partial charge in [-0.15, -0.1) is 0 Å². The predicted octanol–water partition coefficient (Wildman–Crippen LogP) is 4.47. The van der Waals surface area contributed by atoms with Crippen LogP contribution in [0.2, 0.25) is 0 Å². The summed E-state index contributed by atoms with van der Waals surface area (Å²) in [5.41, 5.74) is 2.47. The van der Waals surface area contributed by atoms with Crippen molar-refractivity contribution >= 4 is 28.0 Å². The van der Waals surface area contributed by atoms with Crippen LogP contribution in [0, 0.1) is 5.82 Å². The quantitative estimate of drug-likeness (QED) is 0.549. The fourth-order valence-corrected chi connectivity index (χ4v) is 2.22. The molecule has 0 aliphatic heterocycles. The summed E-state index contributed by atoms with van der Waals surface area (Å²) in [5, 5.41) is 0.646. The summed E-state index contributed by atoms with van der Waals surface area (Å²) < 4.78 is 23.1. The smallest absolute Gasteiger partial charge is 0.337 e. The molecule has 0 aliphatic carbocycles. The molecule has 0 N–H and O–H groups in total. The summed E-state index contributed by atoms with van der Waals surface area (Å²) in [6.45, 7) is 0.385. The molecule has 0 fully saturated rings. The van der Waals surface area contributed by atoms with E-state index in [0.29, 0.717) is 23.2 Å². The summed E-state index contributed by atoms with van der Waals surface area (Å²) in [6.07, 6.45) is 1.97. The molecular formula is C18H16BrFO3. The number of benzene rings is 2. The minimum absolute atomic E-state index is 0.292. The molecule has 0 spiro atoms. The SMILES string of the molecule is COC(=O)c1ccc(C=C(CBr)COc2ccc(F)cc2)cc1. The zero-order valence-corrected chi connectivity index (χ0v) is 14.2. The second kappa shape index (κ2) is 8.48. The lowest BCUT2D eigenvalue weighted by molar-refractivity contribution is 0.0600. The van der Waals surface area contributed by atoms with Gasteiger partial charge in [-0.25, -0.2) is 9.18 Å². The van der Waals surface area contributed by atoms with E-state index in [0.717, 1.165) is 11.1 Å². The molecule has 5 heteroatoms. The van der Waals surface area contributed by atoms with Gasteiger partial charge in [-0.3, -0.25) is 0 Å². The van der Waals surface area contributed by atoms with Crippen LogP contribution in [0.4, 0.5) is 4.39 Å². The first kappa shape index (κ1) is 17.2. The van der Waals surface area contributed by atoms with Crippen molar-refractivity contribution in [2.24, 2.45) is 0 Å². The second-order valence-corrected chi connectivity index (χ2v) is 5.35. The molecule has 2 aromatic rings. The van der Waals surface area contributed by atoms with E-state index >= 15 is 0 Å².